The predicted octanol–water partition coefficient (Wildman–Crippen LogP) is 3.67. The normalized spacial score (nSPS) is 10.1. The van der Waals surface area contributed by atoms with Gasteiger partial charge in [0, 0.05) is 16.9 Å². The molecule has 0 aliphatic rings. The van der Waals surface area contributed by atoms with Crippen LogP contribution in [0.25, 0.3) is 11.4 Å². The van der Waals surface area contributed by atoms with E-state index in [1.807, 2.05) is 24.3 Å². The molecule has 2 nitrogen and oxygen atoms in total. The first-order valence-corrected chi connectivity index (χ1v) is 5.59. The van der Waals surface area contributed by atoms with Crippen LogP contribution in [0.1, 0.15) is 0 Å². The van der Waals surface area contributed by atoms with Gasteiger partial charge in [0.2, 0.25) is 0 Å². The Bertz CT molecular complexity index is 443. The summed E-state index contributed by atoms with van der Waals surface area (Å²) < 4.78 is 1.91. The van der Waals surface area contributed by atoms with Crippen molar-refractivity contribution in [2.45, 2.75) is 0 Å². The van der Waals surface area contributed by atoms with Crippen LogP contribution >= 0.6 is 31.9 Å². The molecule has 14 heavy (non-hydrogen) atoms. The molecule has 0 aromatic carbocycles. The van der Waals surface area contributed by atoms with Crippen LogP contribution in [0.2, 0.25) is 0 Å². The lowest BCUT2D eigenvalue weighted by atomic mass is 10.2. The largest absolute Gasteiger partial charge is 0.255 e. The van der Waals surface area contributed by atoms with Crippen molar-refractivity contribution in [2.24, 2.45) is 0 Å². The first-order chi connectivity index (χ1) is 6.79. The number of halogens is 2. The summed E-state index contributed by atoms with van der Waals surface area (Å²) in [5, 5.41) is 0. The average molecular weight is 314 g/mol. The zero-order valence-electron chi connectivity index (χ0n) is 7.11. The van der Waals surface area contributed by atoms with Gasteiger partial charge in [-0.25, -0.2) is 0 Å². The SMILES string of the molecule is Brc1ccnc(-c2ccccn2)c1Br. The fourth-order valence-corrected chi connectivity index (χ4v) is 1.85. The summed E-state index contributed by atoms with van der Waals surface area (Å²) in [4.78, 5) is 8.51. The summed E-state index contributed by atoms with van der Waals surface area (Å²) in [6, 6.07) is 7.64. The summed E-state index contributed by atoms with van der Waals surface area (Å²) in [6.07, 6.45) is 3.50. The Labute approximate surface area is 98.7 Å². The van der Waals surface area contributed by atoms with Gasteiger partial charge in [0.15, 0.2) is 0 Å². The fourth-order valence-electron chi connectivity index (χ4n) is 1.10. The third-order valence-corrected chi connectivity index (χ3v) is 3.75. The zero-order chi connectivity index (χ0) is 9.97. The summed E-state index contributed by atoms with van der Waals surface area (Å²) in [5.41, 5.74) is 1.71. The van der Waals surface area contributed by atoms with Crippen LogP contribution in [0.4, 0.5) is 0 Å². The number of aromatic nitrogens is 2. The molecule has 0 amide bonds. The second kappa shape index (κ2) is 4.19. The summed E-state index contributed by atoms with van der Waals surface area (Å²) in [5.74, 6) is 0. The molecule has 0 atom stereocenters. The van der Waals surface area contributed by atoms with Crippen molar-refractivity contribution >= 4 is 31.9 Å². The second-order valence-electron chi connectivity index (χ2n) is 2.67. The lowest BCUT2D eigenvalue weighted by molar-refractivity contribution is 1.23. The third-order valence-electron chi connectivity index (χ3n) is 1.75. The molecule has 2 heterocycles. The molecule has 0 unspecified atom stereocenters. The fraction of sp³-hybridized carbons (Fsp3) is 0. The van der Waals surface area contributed by atoms with E-state index >= 15 is 0 Å². The van der Waals surface area contributed by atoms with Crippen molar-refractivity contribution in [1.29, 1.82) is 0 Å². The van der Waals surface area contributed by atoms with Crippen LogP contribution in [0.5, 0.6) is 0 Å². The van der Waals surface area contributed by atoms with Crippen molar-refractivity contribution < 1.29 is 0 Å². The molecule has 0 spiro atoms. The highest BCUT2D eigenvalue weighted by molar-refractivity contribution is 9.13. The molecule has 2 rings (SSSR count). The molecule has 0 fully saturated rings. The van der Waals surface area contributed by atoms with Crippen molar-refractivity contribution in [3.8, 4) is 11.4 Å². The van der Waals surface area contributed by atoms with Gasteiger partial charge < -0.3 is 0 Å². The average Bonchev–Trinajstić information content (AvgIpc) is 2.23. The number of rotatable bonds is 1. The van der Waals surface area contributed by atoms with E-state index in [9.17, 15) is 0 Å². The highest BCUT2D eigenvalue weighted by Crippen LogP contribution is 2.30. The molecule has 2 aromatic rings. The van der Waals surface area contributed by atoms with Gasteiger partial charge in [0.05, 0.1) is 10.2 Å². The number of hydrogen-bond donors (Lipinski definition) is 0. The molecular formula is C10H6Br2N2. The van der Waals surface area contributed by atoms with Crippen LogP contribution in [0.3, 0.4) is 0 Å². The molecule has 0 radical (unpaired) electrons. The number of nitrogens with zero attached hydrogens (tertiary/aromatic N) is 2. The first kappa shape index (κ1) is 9.80. The van der Waals surface area contributed by atoms with E-state index in [0.29, 0.717) is 0 Å². The van der Waals surface area contributed by atoms with Gasteiger partial charge in [-0.3, -0.25) is 9.97 Å². The van der Waals surface area contributed by atoms with E-state index in [1.54, 1.807) is 12.4 Å². The standard InChI is InChI=1S/C10H6Br2N2/c11-7-4-6-14-10(9(7)12)8-3-1-2-5-13-8/h1-6H. The van der Waals surface area contributed by atoms with Crippen LogP contribution in [0.15, 0.2) is 45.6 Å². The maximum absolute atomic E-state index is 4.27. The molecule has 2 aromatic heterocycles. The number of hydrogen-bond acceptors (Lipinski definition) is 2. The van der Waals surface area contributed by atoms with E-state index in [2.05, 4.69) is 41.8 Å². The van der Waals surface area contributed by atoms with Gasteiger partial charge in [-0.2, -0.15) is 0 Å². The van der Waals surface area contributed by atoms with E-state index in [1.165, 1.54) is 0 Å². The maximum Gasteiger partial charge on any atom is 0.104 e. The lowest BCUT2D eigenvalue weighted by Gasteiger charge is -2.03. The van der Waals surface area contributed by atoms with Gasteiger partial charge in [-0.1, -0.05) is 6.07 Å². The van der Waals surface area contributed by atoms with Crippen molar-refractivity contribution in [2.75, 3.05) is 0 Å². The molecular weight excluding hydrogens is 308 g/mol. The van der Waals surface area contributed by atoms with Crippen molar-refractivity contribution in [1.82, 2.24) is 9.97 Å². The van der Waals surface area contributed by atoms with Crippen LogP contribution < -0.4 is 0 Å². The van der Waals surface area contributed by atoms with Gasteiger partial charge in [-0.05, 0) is 50.1 Å². The molecule has 70 valence electrons. The minimum absolute atomic E-state index is 0.847. The first-order valence-electron chi connectivity index (χ1n) is 4.00. The Morgan fingerprint density at radius 1 is 0.929 bits per heavy atom. The molecule has 4 heteroatoms. The van der Waals surface area contributed by atoms with E-state index in [-0.39, 0.29) is 0 Å². The van der Waals surface area contributed by atoms with Gasteiger partial charge in [-0.15, -0.1) is 0 Å². The van der Waals surface area contributed by atoms with Crippen LogP contribution in [-0.2, 0) is 0 Å². The lowest BCUT2D eigenvalue weighted by Crippen LogP contribution is -1.88. The van der Waals surface area contributed by atoms with Gasteiger partial charge >= 0.3 is 0 Å². The highest BCUT2D eigenvalue weighted by atomic mass is 79.9. The third kappa shape index (κ3) is 1.86. The van der Waals surface area contributed by atoms with Crippen molar-refractivity contribution in [3.63, 3.8) is 0 Å². The molecule has 0 aliphatic heterocycles. The van der Waals surface area contributed by atoms with Gasteiger partial charge in [0.25, 0.3) is 0 Å². The summed E-state index contributed by atoms with van der Waals surface area (Å²) in [6.45, 7) is 0. The van der Waals surface area contributed by atoms with Gasteiger partial charge in [0.1, 0.15) is 5.69 Å². The Hall–Kier alpha value is -0.740. The number of pyridine rings is 2. The topological polar surface area (TPSA) is 25.8 Å². The Morgan fingerprint density at radius 2 is 1.79 bits per heavy atom. The van der Waals surface area contributed by atoms with Crippen LogP contribution in [0, 0.1) is 0 Å². The zero-order valence-corrected chi connectivity index (χ0v) is 10.3. The summed E-state index contributed by atoms with van der Waals surface area (Å²) >= 11 is 6.90. The van der Waals surface area contributed by atoms with E-state index < -0.39 is 0 Å². The minimum atomic E-state index is 0.847. The molecule has 0 N–H and O–H groups in total. The maximum atomic E-state index is 4.27. The Morgan fingerprint density at radius 3 is 2.50 bits per heavy atom. The summed E-state index contributed by atoms with van der Waals surface area (Å²) in [7, 11) is 0. The van der Waals surface area contributed by atoms with Crippen molar-refractivity contribution in [3.05, 3.63) is 45.6 Å². The smallest absolute Gasteiger partial charge is 0.104 e. The molecule has 0 saturated carbocycles. The second-order valence-corrected chi connectivity index (χ2v) is 4.32. The monoisotopic (exact) mass is 312 g/mol. The quantitative estimate of drug-likeness (QED) is 0.803. The van der Waals surface area contributed by atoms with Crippen LogP contribution in [-0.4, -0.2) is 9.97 Å². The van der Waals surface area contributed by atoms with E-state index in [4.69, 9.17) is 0 Å². The molecule has 0 aliphatic carbocycles. The molecule has 0 bridgehead atoms. The van der Waals surface area contributed by atoms with E-state index in [0.717, 1.165) is 20.3 Å². The molecule has 0 saturated heterocycles. The predicted molar refractivity (Wildman–Crippen MR) is 62.9 cm³/mol. The Balaban J connectivity index is 2.58. The Kier molecular flexibility index (Phi) is 2.93. The highest BCUT2D eigenvalue weighted by Gasteiger charge is 2.07. The minimum Gasteiger partial charge on any atom is -0.255 e.